The van der Waals surface area contributed by atoms with Crippen molar-refractivity contribution in [3.05, 3.63) is 0 Å². The fraction of sp³-hybridized carbons (Fsp3) is 0.917. The maximum atomic E-state index is 10.7. The van der Waals surface area contributed by atoms with E-state index >= 15 is 0 Å². The third kappa shape index (κ3) is 2.10. The highest BCUT2D eigenvalue weighted by molar-refractivity contribution is 5.65. The second-order valence-electron chi connectivity index (χ2n) is 4.85. The number of carbonyl (C=O) groups excluding carboxylic acids is 1. The van der Waals surface area contributed by atoms with Crippen molar-refractivity contribution in [1.82, 2.24) is 0 Å². The van der Waals surface area contributed by atoms with E-state index in [1.807, 2.05) is 0 Å². The van der Waals surface area contributed by atoms with E-state index in [0.717, 1.165) is 11.8 Å². The van der Waals surface area contributed by atoms with E-state index in [9.17, 15) is 4.79 Å². The topological polar surface area (TPSA) is 26.3 Å². The quantitative estimate of drug-likeness (QED) is 0.635. The summed E-state index contributed by atoms with van der Waals surface area (Å²) in [5, 5.41) is 0. The Balaban J connectivity index is 1.84. The van der Waals surface area contributed by atoms with Crippen LogP contribution < -0.4 is 0 Å². The Kier molecular flexibility index (Phi) is 3.09. The molecule has 0 spiro atoms. The maximum Gasteiger partial charge on any atom is 0.302 e. The molecule has 80 valence electrons. The van der Waals surface area contributed by atoms with Gasteiger partial charge in [-0.1, -0.05) is 19.3 Å². The van der Waals surface area contributed by atoms with Gasteiger partial charge in [0.25, 0.3) is 0 Å². The second kappa shape index (κ2) is 4.33. The van der Waals surface area contributed by atoms with E-state index in [4.69, 9.17) is 4.74 Å². The molecule has 2 aliphatic carbocycles. The number of esters is 1. The first-order chi connectivity index (χ1) is 6.77. The maximum absolute atomic E-state index is 10.7. The van der Waals surface area contributed by atoms with Crippen molar-refractivity contribution in [2.45, 2.75) is 45.4 Å². The van der Waals surface area contributed by atoms with E-state index in [-0.39, 0.29) is 5.97 Å². The smallest absolute Gasteiger partial charge is 0.302 e. The lowest BCUT2D eigenvalue weighted by Gasteiger charge is -2.28. The first-order valence-electron chi connectivity index (χ1n) is 5.90. The molecule has 0 unspecified atom stereocenters. The van der Waals surface area contributed by atoms with Gasteiger partial charge in [0.05, 0.1) is 6.61 Å². The molecule has 0 aliphatic heterocycles. The van der Waals surface area contributed by atoms with Crippen LogP contribution in [0.5, 0.6) is 0 Å². The molecule has 0 aromatic carbocycles. The van der Waals surface area contributed by atoms with E-state index in [2.05, 4.69) is 0 Å². The summed E-state index contributed by atoms with van der Waals surface area (Å²) in [6.07, 6.45) is 8.25. The number of ether oxygens (including phenoxy) is 1. The van der Waals surface area contributed by atoms with Crippen LogP contribution in [0.15, 0.2) is 0 Å². The van der Waals surface area contributed by atoms with Crippen molar-refractivity contribution in [2.24, 2.45) is 17.8 Å². The normalized spacial score (nSPS) is 36.5. The average molecular weight is 196 g/mol. The summed E-state index contributed by atoms with van der Waals surface area (Å²) < 4.78 is 5.14. The molecule has 0 N–H and O–H groups in total. The highest BCUT2D eigenvalue weighted by Gasteiger charge is 2.37. The summed E-state index contributed by atoms with van der Waals surface area (Å²) in [6.45, 7) is 2.18. The van der Waals surface area contributed by atoms with Crippen LogP contribution in [0.25, 0.3) is 0 Å². The van der Waals surface area contributed by atoms with Crippen LogP contribution in [0.3, 0.4) is 0 Å². The largest absolute Gasteiger partial charge is 0.466 e. The number of fused-ring (bicyclic) bond motifs is 1. The van der Waals surface area contributed by atoms with Crippen molar-refractivity contribution >= 4 is 5.97 Å². The molecule has 2 heteroatoms. The number of rotatable bonds is 2. The molecule has 3 atom stereocenters. The number of carbonyl (C=O) groups is 1. The minimum absolute atomic E-state index is 0.121. The predicted octanol–water partition coefficient (Wildman–Crippen LogP) is 2.77. The minimum Gasteiger partial charge on any atom is -0.466 e. The zero-order chi connectivity index (χ0) is 9.97. The van der Waals surface area contributed by atoms with Gasteiger partial charge in [-0.2, -0.15) is 0 Å². The van der Waals surface area contributed by atoms with E-state index in [1.54, 1.807) is 0 Å². The number of hydrogen-bond donors (Lipinski definition) is 0. The average Bonchev–Trinajstić information content (AvgIpc) is 2.58. The van der Waals surface area contributed by atoms with Gasteiger partial charge in [0.15, 0.2) is 0 Å². The molecule has 14 heavy (non-hydrogen) atoms. The molecule has 0 radical (unpaired) electrons. The summed E-state index contributed by atoms with van der Waals surface area (Å²) in [5.41, 5.74) is 0. The van der Waals surface area contributed by atoms with Crippen LogP contribution in [-0.2, 0) is 9.53 Å². The molecule has 2 aliphatic rings. The Morgan fingerprint density at radius 1 is 1.21 bits per heavy atom. The fourth-order valence-corrected chi connectivity index (χ4v) is 3.29. The molecular formula is C12H20O2. The lowest BCUT2D eigenvalue weighted by atomic mass is 9.78. The molecule has 2 nitrogen and oxygen atoms in total. The van der Waals surface area contributed by atoms with Crippen LogP contribution in [0.4, 0.5) is 0 Å². The Bertz CT molecular complexity index is 212. The van der Waals surface area contributed by atoms with Crippen LogP contribution >= 0.6 is 0 Å². The Morgan fingerprint density at radius 3 is 2.79 bits per heavy atom. The first-order valence-corrected chi connectivity index (χ1v) is 5.90. The molecule has 2 saturated carbocycles. The van der Waals surface area contributed by atoms with Gasteiger partial charge in [0.1, 0.15) is 0 Å². The fourth-order valence-electron chi connectivity index (χ4n) is 3.29. The van der Waals surface area contributed by atoms with Crippen LogP contribution in [-0.4, -0.2) is 12.6 Å². The molecule has 0 amide bonds. The Morgan fingerprint density at radius 2 is 2.00 bits per heavy atom. The molecule has 0 heterocycles. The second-order valence-corrected chi connectivity index (χ2v) is 4.85. The highest BCUT2D eigenvalue weighted by Crippen LogP contribution is 2.45. The van der Waals surface area contributed by atoms with Gasteiger partial charge in [-0.3, -0.25) is 4.79 Å². The van der Waals surface area contributed by atoms with Crippen molar-refractivity contribution in [3.63, 3.8) is 0 Å². The summed E-state index contributed by atoms with van der Waals surface area (Å²) in [6, 6.07) is 0. The van der Waals surface area contributed by atoms with Gasteiger partial charge < -0.3 is 4.74 Å². The zero-order valence-electron chi connectivity index (χ0n) is 9.00. The van der Waals surface area contributed by atoms with E-state index < -0.39 is 0 Å². The molecule has 0 aromatic rings. The first kappa shape index (κ1) is 10.0. The van der Waals surface area contributed by atoms with Crippen LogP contribution in [0.1, 0.15) is 45.4 Å². The molecule has 2 rings (SSSR count). The highest BCUT2D eigenvalue weighted by atomic mass is 16.5. The molecule has 2 fully saturated rings. The van der Waals surface area contributed by atoms with Crippen LogP contribution in [0.2, 0.25) is 0 Å². The SMILES string of the molecule is CC(=O)OC[C@H]1CC[C@@H]2CCCC[C@H]21. The summed E-state index contributed by atoms with van der Waals surface area (Å²) in [5.74, 6) is 2.36. The molecular weight excluding hydrogens is 176 g/mol. The number of hydrogen-bond acceptors (Lipinski definition) is 2. The van der Waals surface area contributed by atoms with Gasteiger partial charge in [0.2, 0.25) is 0 Å². The monoisotopic (exact) mass is 196 g/mol. The van der Waals surface area contributed by atoms with Crippen molar-refractivity contribution in [1.29, 1.82) is 0 Å². The van der Waals surface area contributed by atoms with Crippen molar-refractivity contribution < 1.29 is 9.53 Å². The Hall–Kier alpha value is -0.530. The van der Waals surface area contributed by atoms with Gasteiger partial charge in [-0.25, -0.2) is 0 Å². The third-order valence-corrected chi connectivity index (χ3v) is 3.98. The van der Waals surface area contributed by atoms with Crippen molar-refractivity contribution in [3.8, 4) is 0 Å². The van der Waals surface area contributed by atoms with Gasteiger partial charge in [0, 0.05) is 6.92 Å². The standard InChI is InChI=1S/C12H20O2/c1-9(13)14-8-11-7-6-10-4-2-3-5-12(10)11/h10-12H,2-8H2,1H3/t10-,11+,12+/m0/s1. The molecule has 0 saturated heterocycles. The summed E-state index contributed by atoms with van der Waals surface area (Å²) >= 11 is 0. The predicted molar refractivity (Wildman–Crippen MR) is 54.8 cm³/mol. The Labute approximate surface area is 86.0 Å². The molecule has 0 aromatic heterocycles. The van der Waals surface area contributed by atoms with E-state index in [0.29, 0.717) is 12.5 Å². The molecule has 0 bridgehead atoms. The zero-order valence-corrected chi connectivity index (χ0v) is 9.00. The van der Waals surface area contributed by atoms with Gasteiger partial charge in [-0.05, 0) is 37.0 Å². The lowest BCUT2D eigenvalue weighted by molar-refractivity contribution is -0.142. The van der Waals surface area contributed by atoms with Gasteiger partial charge >= 0.3 is 5.97 Å². The summed E-state index contributed by atoms with van der Waals surface area (Å²) in [7, 11) is 0. The lowest BCUT2D eigenvalue weighted by Crippen LogP contribution is -2.23. The summed E-state index contributed by atoms with van der Waals surface area (Å²) in [4.78, 5) is 10.7. The van der Waals surface area contributed by atoms with Gasteiger partial charge in [-0.15, -0.1) is 0 Å². The van der Waals surface area contributed by atoms with Crippen LogP contribution in [0, 0.1) is 17.8 Å². The third-order valence-electron chi connectivity index (χ3n) is 3.98. The van der Waals surface area contributed by atoms with Crippen molar-refractivity contribution in [2.75, 3.05) is 6.61 Å². The minimum atomic E-state index is -0.121. The van der Waals surface area contributed by atoms with E-state index in [1.165, 1.54) is 45.4 Å².